The van der Waals surface area contributed by atoms with Crippen LogP contribution >= 0.6 is 39.3 Å². The molecule has 0 bridgehead atoms. The van der Waals surface area contributed by atoms with Gasteiger partial charge in [-0.1, -0.05) is 41.6 Å². The van der Waals surface area contributed by atoms with Crippen molar-refractivity contribution in [1.29, 1.82) is 0 Å². The molecule has 0 atom stereocenters. The van der Waals surface area contributed by atoms with E-state index in [2.05, 4.69) is 20.9 Å². The van der Waals surface area contributed by atoms with Crippen molar-refractivity contribution >= 4 is 51.2 Å². The minimum Gasteiger partial charge on any atom is -0.447 e. The highest BCUT2D eigenvalue weighted by molar-refractivity contribution is 9.10. The fourth-order valence-corrected chi connectivity index (χ4v) is 3.22. The van der Waals surface area contributed by atoms with E-state index < -0.39 is 0 Å². The molecular weight excluding hydrogens is 382 g/mol. The van der Waals surface area contributed by atoms with Gasteiger partial charge < -0.3 is 4.42 Å². The van der Waals surface area contributed by atoms with Gasteiger partial charge in [0.15, 0.2) is 5.09 Å². The van der Waals surface area contributed by atoms with Crippen LogP contribution in [-0.4, -0.2) is 6.21 Å². The summed E-state index contributed by atoms with van der Waals surface area (Å²) in [5.74, 6) is 0.701. The Bertz CT molecular complexity index is 784. The highest BCUT2D eigenvalue weighted by Gasteiger charge is 2.09. The molecule has 2 aromatic carbocycles. The SMILES string of the molecule is Clc1ccc(Sc2oc(C=Nc3ccccc3)cc2Br)cc1. The van der Waals surface area contributed by atoms with E-state index in [4.69, 9.17) is 16.0 Å². The van der Waals surface area contributed by atoms with Crippen LogP contribution in [0.25, 0.3) is 0 Å². The number of furan rings is 1. The molecule has 3 aromatic rings. The van der Waals surface area contributed by atoms with Crippen LogP contribution in [0.5, 0.6) is 0 Å². The summed E-state index contributed by atoms with van der Waals surface area (Å²) in [6.45, 7) is 0. The summed E-state index contributed by atoms with van der Waals surface area (Å²) in [4.78, 5) is 5.44. The van der Waals surface area contributed by atoms with Crippen molar-refractivity contribution in [3.63, 3.8) is 0 Å². The van der Waals surface area contributed by atoms with E-state index in [-0.39, 0.29) is 0 Å². The minimum atomic E-state index is 0.701. The molecule has 22 heavy (non-hydrogen) atoms. The van der Waals surface area contributed by atoms with Gasteiger partial charge >= 0.3 is 0 Å². The highest BCUT2D eigenvalue weighted by atomic mass is 79.9. The summed E-state index contributed by atoms with van der Waals surface area (Å²) in [7, 11) is 0. The van der Waals surface area contributed by atoms with Crippen LogP contribution in [0.3, 0.4) is 0 Å². The van der Waals surface area contributed by atoms with E-state index in [0.717, 1.165) is 25.2 Å². The van der Waals surface area contributed by atoms with Gasteiger partial charge in [0.25, 0.3) is 0 Å². The van der Waals surface area contributed by atoms with Gasteiger partial charge in [0.2, 0.25) is 0 Å². The third-order valence-electron chi connectivity index (χ3n) is 2.80. The lowest BCUT2D eigenvalue weighted by Crippen LogP contribution is -1.74. The van der Waals surface area contributed by atoms with Crippen LogP contribution in [0.1, 0.15) is 5.76 Å². The Morgan fingerprint density at radius 3 is 2.50 bits per heavy atom. The Kier molecular flexibility index (Phi) is 5.03. The Labute approximate surface area is 146 Å². The Balaban J connectivity index is 1.76. The standard InChI is InChI=1S/C17H11BrClNOS/c18-16-10-14(11-20-13-4-2-1-3-5-13)21-17(16)22-15-8-6-12(19)7-9-15/h1-11H. The maximum atomic E-state index is 5.89. The number of hydrogen-bond donors (Lipinski definition) is 0. The molecule has 0 amide bonds. The van der Waals surface area contributed by atoms with Crippen molar-refractivity contribution < 1.29 is 4.42 Å². The van der Waals surface area contributed by atoms with Crippen LogP contribution < -0.4 is 0 Å². The zero-order valence-electron chi connectivity index (χ0n) is 11.4. The second kappa shape index (κ2) is 7.18. The first kappa shape index (κ1) is 15.4. The molecule has 0 aliphatic carbocycles. The smallest absolute Gasteiger partial charge is 0.179 e. The average molecular weight is 393 g/mol. The zero-order valence-corrected chi connectivity index (χ0v) is 14.5. The van der Waals surface area contributed by atoms with Gasteiger partial charge in [0.1, 0.15) is 5.76 Å². The first-order valence-corrected chi connectivity index (χ1v) is 8.51. The van der Waals surface area contributed by atoms with Gasteiger partial charge in [-0.15, -0.1) is 0 Å². The van der Waals surface area contributed by atoms with Crippen molar-refractivity contribution in [3.05, 3.63) is 75.9 Å². The maximum absolute atomic E-state index is 5.89. The van der Waals surface area contributed by atoms with E-state index in [1.54, 1.807) is 6.21 Å². The second-order valence-electron chi connectivity index (χ2n) is 4.43. The van der Waals surface area contributed by atoms with E-state index in [9.17, 15) is 0 Å². The topological polar surface area (TPSA) is 25.5 Å². The molecule has 0 saturated heterocycles. The molecule has 0 unspecified atom stereocenters. The number of hydrogen-bond acceptors (Lipinski definition) is 3. The largest absolute Gasteiger partial charge is 0.447 e. The molecule has 0 radical (unpaired) electrons. The molecule has 3 rings (SSSR count). The first-order valence-electron chi connectivity index (χ1n) is 6.52. The molecule has 1 aromatic heterocycles. The molecule has 5 heteroatoms. The second-order valence-corrected chi connectivity index (χ2v) is 6.77. The Morgan fingerprint density at radius 1 is 1.05 bits per heavy atom. The summed E-state index contributed by atoms with van der Waals surface area (Å²) in [6, 6.07) is 19.3. The fraction of sp³-hybridized carbons (Fsp3) is 0. The van der Waals surface area contributed by atoms with Gasteiger partial charge in [0.05, 0.1) is 16.4 Å². The fourth-order valence-electron chi connectivity index (χ4n) is 1.76. The lowest BCUT2D eigenvalue weighted by molar-refractivity contribution is 0.466. The predicted molar refractivity (Wildman–Crippen MR) is 95.7 cm³/mol. The molecule has 0 aliphatic rings. The lowest BCUT2D eigenvalue weighted by Gasteiger charge is -1.98. The number of aliphatic imine (C=N–C) groups is 1. The van der Waals surface area contributed by atoms with Gasteiger partial charge in [0, 0.05) is 16.0 Å². The molecule has 0 aliphatic heterocycles. The predicted octanol–water partition coefficient (Wildman–Crippen LogP) is 6.60. The number of para-hydroxylation sites is 1. The average Bonchev–Trinajstić information content (AvgIpc) is 2.89. The third kappa shape index (κ3) is 4.03. The van der Waals surface area contributed by atoms with Crippen LogP contribution in [-0.2, 0) is 0 Å². The van der Waals surface area contributed by atoms with E-state index >= 15 is 0 Å². The third-order valence-corrected chi connectivity index (χ3v) is 4.90. The monoisotopic (exact) mass is 391 g/mol. The summed E-state index contributed by atoms with van der Waals surface area (Å²) in [5.41, 5.74) is 0.891. The van der Waals surface area contributed by atoms with Gasteiger partial charge in [-0.3, -0.25) is 4.99 Å². The van der Waals surface area contributed by atoms with Crippen molar-refractivity contribution in [2.45, 2.75) is 9.99 Å². The molecule has 1 heterocycles. The first-order chi connectivity index (χ1) is 10.7. The summed E-state index contributed by atoms with van der Waals surface area (Å²) in [5, 5.41) is 1.51. The van der Waals surface area contributed by atoms with Gasteiger partial charge in [-0.2, -0.15) is 0 Å². The Morgan fingerprint density at radius 2 is 1.77 bits per heavy atom. The minimum absolute atomic E-state index is 0.701. The number of halogens is 2. The van der Waals surface area contributed by atoms with Crippen molar-refractivity contribution in [2.24, 2.45) is 4.99 Å². The molecule has 0 N–H and O–H groups in total. The lowest BCUT2D eigenvalue weighted by atomic mass is 10.3. The van der Waals surface area contributed by atoms with Gasteiger partial charge in [-0.05, 0) is 52.3 Å². The highest BCUT2D eigenvalue weighted by Crippen LogP contribution is 2.36. The quantitative estimate of drug-likeness (QED) is 0.467. The summed E-state index contributed by atoms with van der Waals surface area (Å²) in [6.07, 6.45) is 1.71. The van der Waals surface area contributed by atoms with Crippen molar-refractivity contribution in [1.82, 2.24) is 0 Å². The van der Waals surface area contributed by atoms with Crippen LogP contribution in [0.15, 0.2) is 84.5 Å². The molecule has 2 nitrogen and oxygen atoms in total. The number of rotatable bonds is 4. The van der Waals surface area contributed by atoms with Crippen LogP contribution in [0, 0.1) is 0 Å². The van der Waals surface area contributed by atoms with Gasteiger partial charge in [-0.25, -0.2) is 0 Å². The molecule has 0 saturated carbocycles. The van der Waals surface area contributed by atoms with Crippen LogP contribution in [0.4, 0.5) is 5.69 Å². The Hall–Kier alpha value is -1.49. The molecule has 0 spiro atoms. The normalized spacial score (nSPS) is 11.2. The molecular formula is C17H11BrClNOS. The van der Waals surface area contributed by atoms with Crippen LogP contribution in [0.2, 0.25) is 5.02 Å². The number of benzene rings is 2. The molecule has 110 valence electrons. The molecule has 0 fully saturated rings. The zero-order chi connectivity index (χ0) is 15.4. The van der Waals surface area contributed by atoms with Crippen molar-refractivity contribution in [3.8, 4) is 0 Å². The maximum Gasteiger partial charge on any atom is 0.179 e. The summed E-state index contributed by atoms with van der Waals surface area (Å²) >= 11 is 10.9. The van der Waals surface area contributed by atoms with E-state index in [0.29, 0.717) is 5.76 Å². The summed E-state index contributed by atoms with van der Waals surface area (Å²) < 4.78 is 6.71. The van der Waals surface area contributed by atoms with Crippen molar-refractivity contribution in [2.75, 3.05) is 0 Å². The van der Waals surface area contributed by atoms with E-state index in [1.165, 1.54) is 11.8 Å². The van der Waals surface area contributed by atoms with E-state index in [1.807, 2.05) is 60.7 Å². The number of nitrogens with zero attached hydrogens (tertiary/aromatic N) is 1.